The number of hydrogen-bond donors (Lipinski definition) is 1. The van der Waals surface area contributed by atoms with E-state index in [1.54, 1.807) is 17.9 Å². The van der Waals surface area contributed by atoms with E-state index in [0.29, 0.717) is 17.1 Å². The summed E-state index contributed by atoms with van der Waals surface area (Å²) in [6.07, 6.45) is 2.25. The minimum atomic E-state index is -1.11. The number of aromatic nitrogens is 1. The minimum Gasteiger partial charge on any atom is -0.356 e. The van der Waals surface area contributed by atoms with Gasteiger partial charge < -0.3 is 9.88 Å². The number of benzene rings is 2. The number of para-hydroxylation sites is 1. The molecule has 2 aromatic carbocycles. The molecule has 0 spiro atoms. The molecular weight excluding hydrogens is 388 g/mol. The second kappa shape index (κ2) is 6.46. The molecule has 0 bridgehead atoms. The van der Waals surface area contributed by atoms with Crippen LogP contribution in [0.4, 0.5) is 0 Å². The molecule has 2 aliphatic heterocycles. The van der Waals surface area contributed by atoms with Gasteiger partial charge in [0.15, 0.2) is 5.54 Å². The lowest BCUT2D eigenvalue weighted by Crippen LogP contribution is -2.65. The van der Waals surface area contributed by atoms with Crippen LogP contribution in [0.3, 0.4) is 0 Å². The van der Waals surface area contributed by atoms with Gasteiger partial charge in [-0.25, -0.2) is 5.01 Å². The van der Waals surface area contributed by atoms with Crippen LogP contribution >= 0.6 is 11.6 Å². The molecule has 2 aliphatic rings. The molecule has 6 nitrogen and oxygen atoms in total. The summed E-state index contributed by atoms with van der Waals surface area (Å²) in [6, 6.07) is 15.2. The van der Waals surface area contributed by atoms with Crippen LogP contribution in [-0.2, 0) is 21.5 Å². The van der Waals surface area contributed by atoms with Crippen molar-refractivity contribution >= 4 is 40.5 Å². The van der Waals surface area contributed by atoms with E-state index in [1.807, 2.05) is 42.5 Å². The van der Waals surface area contributed by atoms with Crippen molar-refractivity contribution < 1.29 is 9.59 Å². The fourth-order valence-electron chi connectivity index (χ4n) is 4.40. The largest absolute Gasteiger partial charge is 0.356 e. The van der Waals surface area contributed by atoms with E-state index >= 15 is 0 Å². The van der Waals surface area contributed by atoms with E-state index in [9.17, 15) is 9.59 Å². The van der Waals surface area contributed by atoms with Gasteiger partial charge in [0.2, 0.25) is 5.91 Å². The number of nitrogens with zero attached hydrogens (tertiary/aromatic N) is 3. The molecule has 1 fully saturated rings. The van der Waals surface area contributed by atoms with Gasteiger partial charge in [0.1, 0.15) is 6.54 Å². The second-order valence-electron chi connectivity index (χ2n) is 7.52. The molecule has 1 N–H and O–H groups in total. The predicted molar refractivity (Wildman–Crippen MR) is 112 cm³/mol. The van der Waals surface area contributed by atoms with Crippen LogP contribution in [-0.4, -0.2) is 46.0 Å². The normalized spacial score (nSPS) is 21.7. The molecule has 1 saturated heterocycles. The SMILES string of the molecule is CC12C(=O)N(N=Cc3ccccc3Cl)CC(=O)N1CCc1c2[nH]c2ccccc12. The summed E-state index contributed by atoms with van der Waals surface area (Å²) in [6.45, 7) is 2.24. The fourth-order valence-corrected chi connectivity index (χ4v) is 4.58. The Morgan fingerprint density at radius 3 is 2.72 bits per heavy atom. The summed E-state index contributed by atoms with van der Waals surface area (Å²) in [4.78, 5) is 31.5. The molecule has 1 atom stereocenters. The maximum absolute atomic E-state index is 13.5. The maximum atomic E-state index is 13.5. The molecule has 2 amide bonds. The fraction of sp³-hybridized carbons (Fsp3) is 0.227. The van der Waals surface area contributed by atoms with E-state index in [-0.39, 0.29) is 18.4 Å². The number of piperazine rings is 1. The number of rotatable bonds is 2. The Bertz CT molecular complexity index is 1180. The number of hydrazone groups is 1. The number of hydrogen-bond acceptors (Lipinski definition) is 3. The standard InChI is InChI=1S/C22H19ClN4O2/c1-22-20-16(15-7-3-5-9-18(15)25-20)10-11-26(22)19(28)13-27(21(22)29)24-12-14-6-2-4-8-17(14)23/h2-9,12,25H,10-11,13H2,1H3. The summed E-state index contributed by atoms with van der Waals surface area (Å²) < 4.78 is 0. The zero-order valence-electron chi connectivity index (χ0n) is 15.9. The number of halogens is 1. The number of carbonyl (C=O) groups is 2. The van der Waals surface area contributed by atoms with Crippen LogP contribution in [0.2, 0.25) is 5.02 Å². The van der Waals surface area contributed by atoms with Crippen LogP contribution < -0.4 is 0 Å². The summed E-state index contributed by atoms with van der Waals surface area (Å²) >= 11 is 6.18. The molecule has 1 unspecified atom stereocenters. The van der Waals surface area contributed by atoms with Crippen LogP contribution in [0.1, 0.15) is 23.7 Å². The van der Waals surface area contributed by atoms with Crippen molar-refractivity contribution in [1.29, 1.82) is 0 Å². The molecule has 3 aromatic rings. The van der Waals surface area contributed by atoms with E-state index in [2.05, 4.69) is 10.1 Å². The average Bonchev–Trinajstić information content (AvgIpc) is 3.11. The lowest BCUT2D eigenvalue weighted by Gasteiger charge is -2.48. The summed E-state index contributed by atoms with van der Waals surface area (Å²) in [5, 5.41) is 7.21. The Labute approximate surface area is 172 Å². The Hall–Kier alpha value is -3.12. The van der Waals surface area contributed by atoms with Gasteiger partial charge in [-0.15, -0.1) is 0 Å². The van der Waals surface area contributed by atoms with Crippen molar-refractivity contribution in [3.05, 3.63) is 70.4 Å². The number of nitrogens with one attached hydrogen (secondary N) is 1. The molecule has 0 radical (unpaired) electrons. The van der Waals surface area contributed by atoms with Crippen LogP contribution in [0, 0.1) is 0 Å². The molecule has 0 saturated carbocycles. The molecule has 7 heteroatoms. The highest BCUT2D eigenvalue weighted by molar-refractivity contribution is 6.33. The minimum absolute atomic E-state index is 0.0784. The Balaban J connectivity index is 1.58. The molecule has 1 aromatic heterocycles. The van der Waals surface area contributed by atoms with Crippen molar-refractivity contribution in [2.45, 2.75) is 18.9 Å². The van der Waals surface area contributed by atoms with Gasteiger partial charge in [0, 0.05) is 28.0 Å². The van der Waals surface area contributed by atoms with Gasteiger partial charge in [0.05, 0.1) is 11.9 Å². The smallest absolute Gasteiger partial charge is 0.275 e. The van der Waals surface area contributed by atoms with Gasteiger partial charge in [-0.1, -0.05) is 48.0 Å². The quantitative estimate of drug-likeness (QED) is 0.663. The second-order valence-corrected chi connectivity index (χ2v) is 7.93. The lowest BCUT2D eigenvalue weighted by atomic mass is 9.83. The van der Waals surface area contributed by atoms with Crippen LogP contribution in [0.25, 0.3) is 10.9 Å². The topological polar surface area (TPSA) is 68.8 Å². The van der Waals surface area contributed by atoms with Gasteiger partial charge in [-0.3, -0.25) is 9.59 Å². The number of H-pyrrole nitrogens is 1. The Kier molecular flexibility index (Phi) is 3.99. The molecule has 146 valence electrons. The highest BCUT2D eigenvalue weighted by Crippen LogP contribution is 2.41. The van der Waals surface area contributed by atoms with Gasteiger partial charge in [-0.2, -0.15) is 5.10 Å². The zero-order valence-corrected chi connectivity index (χ0v) is 16.6. The predicted octanol–water partition coefficient (Wildman–Crippen LogP) is 3.30. The first-order chi connectivity index (χ1) is 14.0. The van der Waals surface area contributed by atoms with Gasteiger partial charge in [0.25, 0.3) is 5.91 Å². The van der Waals surface area contributed by atoms with Crippen molar-refractivity contribution in [3.8, 4) is 0 Å². The maximum Gasteiger partial charge on any atom is 0.275 e. The first-order valence-corrected chi connectivity index (χ1v) is 9.89. The first kappa shape index (κ1) is 17.9. The van der Waals surface area contributed by atoms with Gasteiger partial charge >= 0.3 is 0 Å². The number of aromatic amines is 1. The number of fused-ring (bicyclic) bond motifs is 5. The van der Waals surface area contributed by atoms with Crippen LogP contribution in [0.5, 0.6) is 0 Å². The van der Waals surface area contributed by atoms with E-state index < -0.39 is 5.54 Å². The Morgan fingerprint density at radius 2 is 1.90 bits per heavy atom. The third-order valence-electron chi connectivity index (χ3n) is 5.90. The van der Waals surface area contributed by atoms with Crippen molar-refractivity contribution in [1.82, 2.24) is 14.9 Å². The third kappa shape index (κ3) is 2.59. The first-order valence-electron chi connectivity index (χ1n) is 9.51. The van der Waals surface area contributed by atoms with Crippen molar-refractivity contribution in [3.63, 3.8) is 0 Å². The number of amides is 2. The van der Waals surface area contributed by atoms with Crippen molar-refractivity contribution in [2.24, 2.45) is 5.10 Å². The molecule has 5 rings (SSSR count). The Morgan fingerprint density at radius 1 is 1.14 bits per heavy atom. The van der Waals surface area contributed by atoms with Gasteiger partial charge in [-0.05, 0) is 31.0 Å². The average molecular weight is 407 g/mol. The van der Waals surface area contributed by atoms with E-state index in [0.717, 1.165) is 28.6 Å². The third-order valence-corrected chi connectivity index (χ3v) is 6.25. The van der Waals surface area contributed by atoms with Crippen LogP contribution in [0.15, 0.2) is 53.6 Å². The molecule has 3 heterocycles. The van der Waals surface area contributed by atoms with E-state index in [1.165, 1.54) is 11.2 Å². The molecular formula is C22H19ClN4O2. The summed E-state index contributed by atoms with van der Waals surface area (Å²) in [5.74, 6) is -0.347. The zero-order chi connectivity index (χ0) is 20.2. The number of carbonyl (C=O) groups excluding carboxylic acids is 2. The molecule has 0 aliphatic carbocycles. The lowest BCUT2D eigenvalue weighted by molar-refractivity contribution is -0.165. The summed E-state index contributed by atoms with van der Waals surface area (Å²) in [5.41, 5.74) is 2.42. The van der Waals surface area contributed by atoms with E-state index in [4.69, 9.17) is 11.6 Å². The highest BCUT2D eigenvalue weighted by atomic mass is 35.5. The summed E-state index contributed by atoms with van der Waals surface area (Å²) in [7, 11) is 0. The van der Waals surface area contributed by atoms with Crippen molar-refractivity contribution in [2.75, 3.05) is 13.1 Å². The highest BCUT2D eigenvalue weighted by Gasteiger charge is 2.54. The molecule has 29 heavy (non-hydrogen) atoms. The monoisotopic (exact) mass is 406 g/mol.